The summed E-state index contributed by atoms with van der Waals surface area (Å²) in [6, 6.07) is 13.4. The molecule has 0 aliphatic rings. The summed E-state index contributed by atoms with van der Waals surface area (Å²) < 4.78 is 83.1. The van der Waals surface area contributed by atoms with Gasteiger partial charge in [0.15, 0.2) is 15.7 Å². The summed E-state index contributed by atoms with van der Waals surface area (Å²) in [5.74, 6) is -3.02. The number of sulfone groups is 1. The van der Waals surface area contributed by atoms with Crippen LogP contribution in [-0.4, -0.2) is 64.7 Å². The number of carbonyl (C=O) groups is 1. The summed E-state index contributed by atoms with van der Waals surface area (Å²) in [5, 5.41) is 18.2. The smallest absolute Gasteiger partial charge is 0.266 e. The molecule has 0 aliphatic carbocycles. The molecule has 0 radical (unpaired) electrons. The molecule has 7 aromatic rings. The van der Waals surface area contributed by atoms with E-state index in [4.69, 9.17) is 16.6 Å². The van der Waals surface area contributed by atoms with E-state index in [1.807, 2.05) is 0 Å². The van der Waals surface area contributed by atoms with Crippen LogP contribution in [0.15, 0.2) is 77.7 Å². The standard InChI is InChI=1S/C37H32ClF2N7O7S2/c1-46-34-31(9-7-27(38)33(34)35(44-46)45-56(3,53)54)47-36(43-29-12-19(18-55(2,51)52)4-6-25(29)37(47)50)30(13-20-10-22(39)15-23(40)11-20)42-32(49)14-21-17-41-28-8-5-24(48)16-26(21)28/h4-12,15-17,30,41,48H,13-14,18H2,1-3H3,(H,42,49)(H,44,45). The van der Waals surface area contributed by atoms with Crippen LogP contribution >= 0.6 is 11.6 Å². The van der Waals surface area contributed by atoms with Crippen molar-refractivity contribution in [3.8, 4) is 11.4 Å². The highest BCUT2D eigenvalue weighted by atomic mass is 35.5. The number of halogens is 3. The van der Waals surface area contributed by atoms with Gasteiger partial charge in [-0.3, -0.25) is 23.6 Å². The van der Waals surface area contributed by atoms with Gasteiger partial charge < -0.3 is 15.4 Å². The van der Waals surface area contributed by atoms with Crippen LogP contribution in [0.3, 0.4) is 0 Å². The third kappa shape index (κ3) is 7.93. The molecule has 0 saturated heterocycles. The molecule has 0 aliphatic heterocycles. The number of benzene rings is 4. The first-order valence-electron chi connectivity index (χ1n) is 16.7. The van der Waals surface area contributed by atoms with E-state index in [9.17, 15) is 40.3 Å². The minimum atomic E-state index is -3.85. The van der Waals surface area contributed by atoms with Crippen molar-refractivity contribution in [3.05, 3.63) is 122 Å². The number of phenols is 1. The number of aromatic amines is 1. The summed E-state index contributed by atoms with van der Waals surface area (Å²) >= 11 is 6.61. The van der Waals surface area contributed by atoms with E-state index in [1.54, 1.807) is 12.3 Å². The molecule has 290 valence electrons. The van der Waals surface area contributed by atoms with Crippen LogP contribution in [-0.2, 0) is 50.3 Å². The van der Waals surface area contributed by atoms with Crippen LogP contribution < -0.4 is 15.6 Å². The van der Waals surface area contributed by atoms with Crippen molar-refractivity contribution in [2.45, 2.75) is 24.6 Å². The Bertz CT molecular complexity index is 3020. The normalized spacial score (nSPS) is 12.8. The molecule has 3 aromatic heterocycles. The third-order valence-corrected chi connectivity index (χ3v) is 10.7. The summed E-state index contributed by atoms with van der Waals surface area (Å²) in [4.78, 5) is 36.6. The Hall–Kier alpha value is -5.85. The van der Waals surface area contributed by atoms with Gasteiger partial charge in [-0.1, -0.05) is 17.7 Å². The second kappa shape index (κ2) is 14.3. The van der Waals surface area contributed by atoms with E-state index in [1.165, 1.54) is 58.8 Å². The van der Waals surface area contributed by atoms with E-state index < -0.39 is 49.0 Å². The van der Waals surface area contributed by atoms with Gasteiger partial charge in [-0.25, -0.2) is 30.6 Å². The molecular formula is C37H32ClF2N7O7S2. The molecule has 0 bridgehead atoms. The number of anilines is 1. The quantitative estimate of drug-likeness (QED) is 0.140. The number of aromatic hydroxyl groups is 1. The van der Waals surface area contributed by atoms with Gasteiger partial charge in [0.05, 0.1) is 57.0 Å². The van der Waals surface area contributed by atoms with Gasteiger partial charge >= 0.3 is 0 Å². The van der Waals surface area contributed by atoms with E-state index in [0.29, 0.717) is 28.1 Å². The van der Waals surface area contributed by atoms with Gasteiger partial charge in [-0.05, 0) is 71.3 Å². The zero-order chi connectivity index (χ0) is 40.3. The largest absolute Gasteiger partial charge is 0.508 e. The Morgan fingerprint density at radius 2 is 1.70 bits per heavy atom. The number of hydrogen-bond acceptors (Lipinski definition) is 9. The molecule has 1 unspecified atom stereocenters. The number of phenolic OH excluding ortho intramolecular Hbond substituents is 1. The van der Waals surface area contributed by atoms with E-state index in [0.717, 1.165) is 24.6 Å². The molecule has 4 N–H and O–H groups in total. The monoisotopic (exact) mass is 823 g/mol. The minimum absolute atomic E-state index is 0.0243. The van der Waals surface area contributed by atoms with Crippen molar-refractivity contribution < 1.29 is 35.5 Å². The number of hydrogen-bond donors (Lipinski definition) is 4. The fourth-order valence-electron chi connectivity index (χ4n) is 6.80. The highest BCUT2D eigenvalue weighted by Gasteiger charge is 2.28. The number of sulfonamides is 1. The fraction of sp³-hybridized carbons (Fsp3) is 0.189. The summed E-state index contributed by atoms with van der Waals surface area (Å²) in [6.45, 7) is 0. The lowest BCUT2D eigenvalue weighted by Crippen LogP contribution is -2.36. The number of aromatic nitrogens is 5. The van der Waals surface area contributed by atoms with E-state index in [-0.39, 0.29) is 74.1 Å². The lowest BCUT2D eigenvalue weighted by molar-refractivity contribution is -0.121. The molecule has 0 fully saturated rings. The lowest BCUT2D eigenvalue weighted by Gasteiger charge is -2.24. The molecule has 1 atom stereocenters. The molecule has 7 rings (SSSR count). The van der Waals surface area contributed by atoms with Gasteiger partial charge in [-0.2, -0.15) is 5.10 Å². The predicted octanol–water partition coefficient (Wildman–Crippen LogP) is 4.95. The van der Waals surface area contributed by atoms with Gasteiger partial charge in [0.25, 0.3) is 5.56 Å². The van der Waals surface area contributed by atoms with Gasteiger partial charge in [0, 0.05) is 42.9 Å². The molecule has 0 saturated carbocycles. The summed E-state index contributed by atoms with van der Waals surface area (Å²) in [7, 11) is -5.87. The Labute approximate surface area is 322 Å². The third-order valence-electron chi connectivity index (χ3n) is 8.94. The van der Waals surface area contributed by atoms with Crippen molar-refractivity contribution in [2.75, 3.05) is 17.2 Å². The number of H-pyrrole nitrogens is 1. The van der Waals surface area contributed by atoms with Gasteiger partial charge in [-0.15, -0.1) is 0 Å². The highest BCUT2D eigenvalue weighted by Crippen LogP contribution is 2.36. The van der Waals surface area contributed by atoms with Crippen LogP contribution in [0.5, 0.6) is 5.75 Å². The van der Waals surface area contributed by atoms with Crippen LogP contribution in [0.4, 0.5) is 14.6 Å². The van der Waals surface area contributed by atoms with E-state index >= 15 is 0 Å². The maximum atomic E-state index is 14.8. The maximum absolute atomic E-state index is 14.8. The maximum Gasteiger partial charge on any atom is 0.266 e. The van der Waals surface area contributed by atoms with Crippen LogP contribution in [0.1, 0.15) is 28.6 Å². The van der Waals surface area contributed by atoms with Crippen molar-refractivity contribution >= 4 is 75.9 Å². The average molecular weight is 824 g/mol. The predicted molar refractivity (Wildman–Crippen MR) is 208 cm³/mol. The lowest BCUT2D eigenvalue weighted by atomic mass is 10.0. The number of aryl methyl sites for hydroxylation is 1. The zero-order valence-corrected chi connectivity index (χ0v) is 32.2. The molecule has 1 amide bonds. The second-order valence-corrected chi connectivity index (χ2v) is 17.8. The first kappa shape index (κ1) is 38.4. The molecule has 19 heteroatoms. The molecule has 0 spiro atoms. The van der Waals surface area contributed by atoms with Crippen molar-refractivity contribution in [2.24, 2.45) is 7.05 Å². The van der Waals surface area contributed by atoms with Crippen molar-refractivity contribution in [1.29, 1.82) is 0 Å². The van der Waals surface area contributed by atoms with Crippen LogP contribution in [0.25, 0.3) is 38.4 Å². The Morgan fingerprint density at radius 3 is 2.39 bits per heavy atom. The minimum Gasteiger partial charge on any atom is -0.508 e. The first-order valence-corrected chi connectivity index (χ1v) is 21.1. The molecule has 4 aromatic carbocycles. The number of fused-ring (bicyclic) bond motifs is 3. The Kier molecular flexibility index (Phi) is 9.84. The number of nitrogens with one attached hydrogen (secondary N) is 3. The topological polar surface area (TPSA) is 198 Å². The average Bonchev–Trinajstić information content (AvgIpc) is 3.62. The highest BCUT2D eigenvalue weighted by molar-refractivity contribution is 7.92. The number of nitrogens with zero attached hydrogens (tertiary/aromatic N) is 4. The first-order chi connectivity index (χ1) is 26.3. The zero-order valence-electron chi connectivity index (χ0n) is 29.8. The molecule has 56 heavy (non-hydrogen) atoms. The number of amides is 1. The Balaban J connectivity index is 1.48. The SMILES string of the molecule is Cn1nc(NS(C)(=O)=O)c2c(Cl)ccc(-n3c(C(Cc4cc(F)cc(F)c4)NC(=O)Cc4c[nH]c5ccc(O)cc45)nc4cc(CS(C)(=O)=O)ccc4c3=O)c21. The molecule has 3 heterocycles. The number of rotatable bonds is 11. The van der Waals surface area contributed by atoms with Gasteiger partial charge in [0.2, 0.25) is 15.9 Å². The summed E-state index contributed by atoms with van der Waals surface area (Å²) in [5.41, 5.74) is 1.25. The van der Waals surface area contributed by atoms with Crippen LogP contribution in [0, 0.1) is 11.6 Å². The Morgan fingerprint density at radius 1 is 0.964 bits per heavy atom. The second-order valence-electron chi connectivity index (χ2n) is 13.5. The van der Waals surface area contributed by atoms with Crippen LogP contribution in [0.2, 0.25) is 5.02 Å². The molecular weight excluding hydrogens is 792 g/mol. The summed E-state index contributed by atoms with van der Waals surface area (Å²) in [6.07, 6.45) is 3.06. The van der Waals surface area contributed by atoms with Crippen molar-refractivity contribution in [1.82, 2.24) is 29.6 Å². The van der Waals surface area contributed by atoms with Crippen molar-refractivity contribution in [3.63, 3.8) is 0 Å². The molecule has 14 nitrogen and oxygen atoms in total. The number of carbonyl (C=O) groups excluding carboxylic acids is 1. The fourth-order valence-corrected chi connectivity index (χ4v) is 8.32. The van der Waals surface area contributed by atoms with Gasteiger partial charge in [0.1, 0.15) is 23.2 Å². The van der Waals surface area contributed by atoms with E-state index in [2.05, 4.69) is 20.1 Å².